The highest BCUT2D eigenvalue weighted by Gasteiger charge is 2.25. The first kappa shape index (κ1) is 16.3. The molecule has 0 amide bonds. The van der Waals surface area contributed by atoms with Crippen LogP contribution >= 0.6 is 0 Å². The van der Waals surface area contributed by atoms with Crippen LogP contribution in [0.25, 0.3) is 0 Å². The molecule has 0 atom stereocenters. The van der Waals surface area contributed by atoms with Crippen LogP contribution in [-0.2, 0) is 30.9 Å². The maximum atomic E-state index is 12.3. The van der Waals surface area contributed by atoms with Crippen LogP contribution < -0.4 is 5.56 Å². The van der Waals surface area contributed by atoms with E-state index in [0.717, 1.165) is 30.3 Å². The zero-order chi connectivity index (χ0) is 17.2. The van der Waals surface area contributed by atoms with E-state index < -0.39 is 0 Å². The Kier molecular flexibility index (Phi) is 4.55. The van der Waals surface area contributed by atoms with Gasteiger partial charge in [0.1, 0.15) is 11.6 Å². The second-order valence-corrected chi connectivity index (χ2v) is 7.02. The van der Waals surface area contributed by atoms with Crippen molar-refractivity contribution in [1.82, 2.24) is 14.9 Å². The van der Waals surface area contributed by atoms with E-state index in [9.17, 15) is 9.90 Å². The van der Waals surface area contributed by atoms with E-state index in [0.29, 0.717) is 37.6 Å². The Morgan fingerprint density at radius 3 is 3.00 bits per heavy atom. The summed E-state index contributed by atoms with van der Waals surface area (Å²) < 4.78 is 5.35. The number of phenols is 1. The van der Waals surface area contributed by atoms with Crippen LogP contribution in [0.15, 0.2) is 29.1 Å². The van der Waals surface area contributed by atoms with E-state index in [1.165, 1.54) is 12.8 Å². The summed E-state index contributed by atoms with van der Waals surface area (Å²) in [5.41, 5.74) is 2.52. The van der Waals surface area contributed by atoms with Crippen LogP contribution in [0.4, 0.5) is 0 Å². The molecule has 4 rings (SSSR count). The molecule has 0 spiro atoms. The largest absolute Gasteiger partial charge is 0.508 e. The average Bonchev–Trinajstić information content (AvgIpc) is 3.39. The molecule has 2 aliphatic rings. The molecule has 1 aromatic heterocycles. The Balaban J connectivity index is 1.54. The average molecular weight is 341 g/mol. The quantitative estimate of drug-likeness (QED) is 0.840. The number of rotatable bonds is 6. The first-order valence-electron chi connectivity index (χ1n) is 8.86. The van der Waals surface area contributed by atoms with Crippen LogP contribution in [-0.4, -0.2) is 33.1 Å². The minimum atomic E-state index is -0.0802. The van der Waals surface area contributed by atoms with Crippen molar-refractivity contribution in [1.29, 1.82) is 0 Å². The number of aromatic hydroxyl groups is 1. The zero-order valence-electron chi connectivity index (χ0n) is 14.2. The van der Waals surface area contributed by atoms with Gasteiger partial charge in [0, 0.05) is 19.5 Å². The maximum absolute atomic E-state index is 12.3. The lowest BCUT2D eigenvalue weighted by atomic mass is 10.1. The monoisotopic (exact) mass is 341 g/mol. The number of benzene rings is 1. The highest BCUT2D eigenvalue weighted by atomic mass is 16.5. The number of nitrogens with zero attached hydrogens (tertiary/aromatic N) is 2. The molecule has 25 heavy (non-hydrogen) atoms. The summed E-state index contributed by atoms with van der Waals surface area (Å²) in [5.74, 6) is 1.73. The molecule has 1 fully saturated rings. The second-order valence-electron chi connectivity index (χ2n) is 7.02. The van der Waals surface area contributed by atoms with E-state index in [4.69, 9.17) is 4.74 Å². The van der Waals surface area contributed by atoms with Crippen molar-refractivity contribution in [3.8, 4) is 5.75 Å². The van der Waals surface area contributed by atoms with Crippen LogP contribution in [0.1, 0.15) is 35.5 Å². The number of phenolic OH excluding ortho intramolecular Hbond substituents is 1. The van der Waals surface area contributed by atoms with E-state index in [1.54, 1.807) is 12.1 Å². The molecule has 1 aromatic carbocycles. The van der Waals surface area contributed by atoms with Gasteiger partial charge < -0.3 is 14.8 Å². The van der Waals surface area contributed by atoms with E-state index in [2.05, 4.69) is 14.9 Å². The molecule has 6 nitrogen and oxygen atoms in total. The number of aromatic amines is 1. The molecular formula is C19H23N3O3. The van der Waals surface area contributed by atoms with Crippen molar-refractivity contribution in [3.63, 3.8) is 0 Å². The van der Waals surface area contributed by atoms with Gasteiger partial charge in [-0.2, -0.15) is 0 Å². The number of nitrogens with one attached hydrogen (secondary N) is 1. The molecule has 1 aliphatic heterocycles. The summed E-state index contributed by atoms with van der Waals surface area (Å²) in [6.07, 6.45) is 3.23. The number of fused-ring (bicyclic) bond motifs is 1. The van der Waals surface area contributed by atoms with Gasteiger partial charge in [0.15, 0.2) is 0 Å². The normalized spacial score (nSPS) is 16.8. The molecule has 0 saturated heterocycles. The van der Waals surface area contributed by atoms with Gasteiger partial charge >= 0.3 is 0 Å². The van der Waals surface area contributed by atoms with Crippen LogP contribution in [0.5, 0.6) is 5.75 Å². The third-order valence-electron chi connectivity index (χ3n) is 4.78. The highest BCUT2D eigenvalue weighted by molar-refractivity contribution is 5.27. The molecule has 0 radical (unpaired) electrons. The number of hydrogen-bond acceptors (Lipinski definition) is 5. The smallest absolute Gasteiger partial charge is 0.256 e. The molecular weight excluding hydrogens is 318 g/mol. The van der Waals surface area contributed by atoms with Gasteiger partial charge in [0.05, 0.1) is 31.0 Å². The Hall–Kier alpha value is -2.18. The first-order valence-corrected chi connectivity index (χ1v) is 8.86. The molecule has 132 valence electrons. The lowest BCUT2D eigenvalue weighted by molar-refractivity contribution is 0.107. The Labute approximate surface area is 146 Å². The predicted octanol–water partition coefficient (Wildman–Crippen LogP) is 1.96. The standard InChI is InChI=1S/C19H23N3O3/c23-15-3-1-2-14(8-15)10-22(9-13-4-5-13)11-18-20-17-6-7-25-12-16(17)19(24)21-18/h1-3,8,13,23H,4-7,9-12H2,(H,20,21,24). The van der Waals surface area contributed by atoms with Crippen molar-refractivity contribution >= 4 is 0 Å². The van der Waals surface area contributed by atoms with Crippen molar-refractivity contribution in [2.45, 2.75) is 39.0 Å². The van der Waals surface area contributed by atoms with Gasteiger partial charge in [-0.25, -0.2) is 4.98 Å². The van der Waals surface area contributed by atoms with Crippen molar-refractivity contribution in [2.75, 3.05) is 13.2 Å². The number of aromatic nitrogens is 2. The van der Waals surface area contributed by atoms with Crippen molar-refractivity contribution in [2.24, 2.45) is 5.92 Å². The van der Waals surface area contributed by atoms with Crippen molar-refractivity contribution < 1.29 is 9.84 Å². The summed E-state index contributed by atoms with van der Waals surface area (Å²) in [7, 11) is 0. The van der Waals surface area contributed by atoms with Crippen LogP contribution in [0.3, 0.4) is 0 Å². The molecule has 0 bridgehead atoms. The third kappa shape index (κ3) is 4.08. The molecule has 2 N–H and O–H groups in total. The van der Waals surface area contributed by atoms with Gasteiger partial charge in [-0.15, -0.1) is 0 Å². The fourth-order valence-corrected chi connectivity index (χ4v) is 3.34. The van der Waals surface area contributed by atoms with Gasteiger partial charge in [-0.3, -0.25) is 9.69 Å². The van der Waals surface area contributed by atoms with E-state index in [1.807, 2.05) is 12.1 Å². The lowest BCUT2D eigenvalue weighted by Gasteiger charge is -2.23. The Morgan fingerprint density at radius 1 is 1.32 bits per heavy atom. The summed E-state index contributed by atoms with van der Waals surface area (Å²) in [4.78, 5) is 22.2. The lowest BCUT2D eigenvalue weighted by Crippen LogP contribution is -2.30. The Morgan fingerprint density at radius 2 is 2.20 bits per heavy atom. The number of hydrogen-bond donors (Lipinski definition) is 2. The molecule has 1 saturated carbocycles. The van der Waals surface area contributed by atoms with Crippen LogP contribution in [0.2, 0.25) is 0 Å². The summed E-state index contributed by atoms with van der Waals surface area (Å²) in [5, 5.41) is 9.69. The highest BCUT2D eigenvalue weighted by Crippen LogP contribution is 2.30. The van der Waals surface area contributed by atoms with Crippen molar-refractivity contribution in [3.05, 3.63) is 57.3 Å². The van der Waals surface area contributed by atoms with E-state index in [-0.39, 0.29) is 11.3 Å². The zero-order valence-corrected chi connectivity index (χ0v) is 14.2. The van der Waals surface area contributed by atoms with Gasteiger partial charge in [-0.1, -0.05) is 12.1 Å². The summed E-state index contributed by atoms with van der Waals surface area (Å²) in [6.45, 7) is 3.30. The molecule has 1 aliphatic carbocycles. The SMILES string of the molecule is O=c1[nH]c(CN(Cc2cccc(O)c2)CC2CC2)nc2c1COCC2. The number of ether oxygens (including phenoxy) is 1. The fraction of sp³-hybridized carbons (Fsp3) is 0.474. The minimum Gasteiger partial charge on any atom is -0.508 e. The van der Waals surface area contributed by atoms with E-state index >= 15 is 0 Å². The first-order chi connectivity index (χ1) is 12.2. The predicted molar refractivity (Wildman–Crippen MR) is 93.2 cm³/mol. The van der Waals surface area contributed by atoms with Crippen LogP contribution in [0, 0.1) is 5.92 Å². The topological polar surface area (TPSA) is 78.5 Å². The maximum Gasteiger partial charge on any atom is 0.256 e. The molecule has 6 heteroatoms. The second kappa shape index (κ2) is 6.98. The minimum absolute atomic E-state index is 0.0802. The fourth-order valence-electron chi connectivity index (χ4n) is 3.34. The summed E-state index contributed by atoms with van der Waals surface area (Å²) in [6, 6.07) is 7.35. The Bertz CT molecular complexity index is 814. The summed E-state index contributed by atoms with van der Waals surface area (Å²) >= 11 is 0. The molecule has 2 heterocycles. The molecule has 0 unspecified atom stereocenters. The number of H-pyrrole nitrogens is 1. The van der Waals surface area contributed by atoms with Gasteiger partial charge in [0.25, 0.3) is 5.56 Å². The van der Waals surface area contributed by atoms with Gasteiger partial charge in [0.2, 0.25) is 0 Å². The third-order valence-corrected chi connectivity index (χ3v) is 4.78. The van der Waals surface area contributed by atoms with Gasteiger partial charge in [-0.05, 0) is 36.5 Å². The molecule has 2 aromatic rings.